The molecule has 0 fully saturated rings. The molecule has 5 nitrogen and oxygen atoms in total. The van der Waals surface area contributed by atoms with Crippen molar-refractivity contribution in [1.82, 2.24) is 4.31 Å². The zero-order valence-corrected chi connectivity index (χ0v) is 11.8. The Morgan fingerprint density at radius 2 is 1.80 bits per heavy atom. The van der Waals surface area contributed by atoms with Crippen LogP contribution in [0.1, 0.15) is 20.3 Å². The Kier molecular flexibility index (Phi) is 5.18. The summed E-state index contributed by atoms with van der Waals surface area (Å²) in [6.07, 6.45) is -0.398. The Hall–Kier alpha value is -1.54. The highest BCUT2D eigenvalue weighted by molar-refractivity contribution is 7.89. The lowest BCUT2D eigenvalue weighted by Crippen LogP contribution is -2.39. The molecule has 0 aliphatic rings. The highest BCUT2D eigenvalue weighted by atomic mass is 32.2. The summed E-state index contributed by atoms with van der Waals surface area (Å²) in [5.74, 6) is -3.17. The Bertz CT molecular complexity index is 583. The molecule has 0 aromatic heterocycles. The predicted octanol–water partition coefficient (Wildman–Crippen LogP) is 1.84. The summed E-state index contributed by atoms with van der Waals surface area (Å²) in [5.41, 5.74) is 0. The van der Waals surface area contributed by atoms with Crippen molar-refractivity contribution in [3.63, 3.8) is 0 Å². The van der Waals surface area contributed by atoms with Crippen LogP contribution in [0.4, 0.5) is 8.78 Å². The second-order valence-corrected chi connectivity index (χ2v) is 6.15. The van der Waals surface area contributed by atoms with Crippen molar-refractivity contribution in [2.45, 2.75) is 31.2 Å². The van der Waals surface area contributed by atoms with E-state index in [1.54, 1.807) is 0 Å². The first kappa shape index (κ1) is 16.5. The number of carboxylic acid groups (broad SMARTS) is 1. The Balaban J connectivity index is 3.21. The van der Waals surface area contributed by atoms with Crippen molar-refractivity contribution in [3.05, 3.63) is 29.8 Å². The summed E-state index contributed by atoms with van der Waals surface area (Å²) in [6, 6.07) is 1.15. The molecule has 1 unspecified atom stereocenters. The molecule has 8 heteroatoms. The first-order chi connectivity index (χ1) is 9.18. The van der Waals surface area contributed by atoms with Crippen LogP contribution in [0, 0.1) is 11.6 Å². The molecule has 1 rings (SSSR count). The van der Waals surface area contributed by atoms with Crippen LogP contribution in [0.3, 0.4) is 0 Å². The second-order valence-electron chi connectivity index (χ2n) is 4.26. The molecule has 0 aliphatic carbocycles. The average molecular weight is 307 g/mol. The van der Waals surface area contributed by atoms with Crippen LogP contribution in [0.15, 0.2) is 23.1 Å². The molecule has 1 N–H and O–H groups in total. The third kappa shape index (κ3) is 3.73. The maximum Gasteiger partial charge on any atom is 0.304 e. The molecule has 1 atom stereocenters. The number of benzene rings is 1. The molecule has 0 saturated carbocycles. The summed E-state index contributed by atoms with van der Waals surface area (Å²) in [5, 5.41) is 8.71. The van der Waals surface area contributed by atoms with Crippen molar-refractivity contribution in [2.24, 2.45) is 0 Å². The van der Waals surface area contributed by atoms with Gasteiger partial charge in [0.2, 0.25) is 10.0 Å². The summed E-state index contributed by atoms with van der Waals surface area (Å²) in [6.45, 7) is 2.94. The van der Waals surface area contributed by atoms with E-state index < -0.39 is 45.0 Å². The molecular weight excluding hydrogens is 292 g/mol. The normalized spacial score (nSPS) is 13.4. The molecule has 0 heterocycles. The predicted molar refractivity (Wildman–Crippen MR) is 67.6 cm³/mol. The van der Waals surface area contributed by atoms with Gasteiger partial charge >= 0.3 is 5.97 Å². The lowest BCUT2D eigenvalue weighted by molar-refractivity contribution is -0.137. The van der Waals surface area contributed by atoms with Gasteiger partial charge in [0.15, 0.2) is 0 Å². The first-order valence-electron chi connectivity index (χ1n) is 5.88. The molecule has 0 bridgehead atoms. The van der Waals surface area contributed by atoms with E-state index in [1.807, 2.05) is 0 Å². The van der Waals surface area contributed by atoms with Gasteiger partial charge in [0, 0.05) is 18.7 Å². The third-order valence-electron chi connectivity index (χ3n) is 2.72. The third-order valence-corrected chi connectivity index (χ3v) is 4.78. The topological polar surface area (TPSA) is 74.7 Å². The zero-order chi connectivity index (χ0) is 15.5. The van der Waals surface area contributed by atoms with Gasteiger partial charge in [-0.25, -0.2) is 17.2 Å². The number of hydrogen-bond acceptors (Lipinski definition) is 3. The van der Waals surface area contributed by atoms with Gasteiger partial charge in [-0.1, -0.05) is 6.92 Å². The number of aliphatic carboxylic acids is 1. The molecule has 1 aromatic rings. The van der Waals surface area contributed by atoms with Gasteiger partial charge < -0.3 is 5.11 Å². The summed E-state index contributed by atoms with van der Waals surface area (Å²) < 4.78 is 51.7. The largest absolute Gasteiger partial charge is 0.481 e. The van der Waals surface area contributed by atoms with E-state index in [-0.39, 0.29) is 6.54 Å². The van der Waals surface area contributed by atoms with Crippen LogP contribution >= 0.6 is 0 Å². The highest BCUT2D eigenvalue weighted by Crippen LogP contribution is 2.21. The standard InChI is InChI=1S/C12H15F2NO4S/c1-3-15(8(2)4-12(16)17)20(18,19)11-6-9(13)5-10(14)7-11/h5-8H,3-4H2,1-2H3,(H,16,17). The molecule has 0 aliphatic heterocycles. The van der Waals surface area contributed by atoms with Gasteiger partial charge in [0.1, 0.15) is 11.6 Å². The van der Waals surface area contributed by atoms with Crippen LogP contribution in [-0.2, 0) is 14.8 Å². The monoisotopic (exact) mass is 307 g/mol. The number of rotatable bonds is 6. The van der Waals surface area contributed by atoms with E-state index in [2.05, 4.69) is 0 Å². The van der Waals surface area contributed by atoms with Gasteiger partial charge in [0.05, 0.1) is 11.3 Å². The molecule has 0 radical (unpaired) electrons. The van der Waals surface area contributed by atoms with E-state index >= 15 is 0 Å². The molecule has 20 heavy (non-hydrogen) atoms. The molecule has 0 amide bonds. The van der Waals surface area contributed by atoms with Crippen molar-refractivity contribution in [2.75, 3.05) is 6.54 Å². The molecule has 1 aromatic carbocycles. The SMILES string of the molecule is CCN(C(C)CC(=O)O)S(=O)(=O)c1cc(F)cc(F)c1. The van der Waals surface area contributed by atoms with Crippen LogP contribution in [0.2, 0.25) is 0 Å². The fourth-order valence-electron chi connectivity index (χ4n) is 1.89. The minimum atomic E-state index is -4.15. The van der Waals surface area contributed by atoms with Gasteiger partial charge in [0.25, 0.3) is 0 Å². The van der Waals surface area contributed by atoms with E-state index in [0.717, 1.165) is 4.31 Å². The second kappa shape index (κ2) is 6.27. The summed E-state index contributed by atoms with van der Waals surface area (Å²) >= 11 is 0. The van der Waals surface area contributed by atoms with Gasteiger partial charge in [-0.15, -0.1) is 0 Å². The maximum atomic E-state index is 13.1. The number of hydrogen-bond donors (Lipinski definition) is 1. The number of carbonyl (C=O) groups is 1. The van der Waals surface area contributed by atoms with E-state index in [1.165, 1.54) is 13.8 Å². The quantitative estimate of drug-likeness (QED) is 0.870. The maximum absolute atomic E-state index is 13.1. The fraction of sp³-hybridized carbons (Fsp3) is 0.417. The Morgan fingerprint density at radius 3 is 2.20 bits per heavy atom. The number of carboxylic acids is 1. The number of halogens is 2. The molecule has 0 spiro atoms. The molecule has 112 valence electrons. The molecule has 0 saturated heterocycles. The van der Waals surface area contributed by atoms with E-state index in [9.17, 15) is 22.0 Å². The van der Waals surface area contributed by atoms with Crippen molar-refractivity contribution in [1.29, 1.82) is 0 Å². The van der Waals surface area contributed by atoms with Gasteiger partial charge in [-0.05, 0) is 19.1 Å². The lowest BCUT2D eigenvalue weighted by atomic mass is 10.2. The van der Waals surface area contributed by atoms with Crippen LogP contribution < -0.4 is 0 Å². The summed E-state index contributed by atoms with van der Waals surface area (Å²) in [4.78, 5) is 10.1. The number of sulfonamides is 1. The van der Waals surface area contributed by atoms with Crippen molar-refractivity contribution in [3.8, 4) is 0 Å². The Labute approximate surface area is 115 Å². The van der Waals surface area contributed by atoms with Crippen LogP contribution in [0.25, 0.3) is 0 Å². The fourth-order valence-corrected chi connectivity index (χ4v) is 3.57. The smallest absolute Gasteiger partial charge is 0.304 e. The zero-order valence-electron chi connectivity index (χ0n) is 11.0. The van der Waals surface area contributed by atoms with Gasteiger partial charge in [-0.3, -0.25) is 4.79 Å². The van der Waals surface area contributed by atoms with Gasteiger partial charge in [-0.2, -0.15) is 4.31 Å². The number of nitrogens with zero attached hydrogens (tertiary/aromatic N) is 1. The van der Waals surface area contributed by atoms with Crippen LogP contribution in [0.5, 0.6) is 0 Å². The first-order valence-corrected chi connectivity index (χ1v) is 7.32. The molecular formula is C12H15F2NO4S. The minimum absolute atomic E-state index is 0.00505. The minimum Gasteiger partial charge on any atom is -0.481 e. The van der Waals surface area contributed by atoms with E-state index in [0.29, 0.717) is 18.2 Å². The van der Waals surface area contributed by atoms with Crippen molar-refractivity contribution >= 4 is 16.0 Å². The average Bonchev–Trinajstić information content (AvgIpc) is 2.26. The van der Waals surface area contributed by atoms with Crippen molar-refractivity contribution < 1.29 is 27.1 Å². The Morgan fingerprint density at radius 1 is 1.30 bits per heavy atom. The highest BCUT2D eigenvalue weighted by Gasteiger charge is 2.29. The van der Waals surface area contributed by atoms with E-state index in [4.69, 9.17) is 5.11 Å². The summed E-state index contributed by atoms with van der Waals surface area (Å²) in [7, 11) is -4.15. The lowest BCUT2D eigenvalue weighted by Gasteiger charge is -2.26. The van der Waals surface area contributed by atoms with Crippen LogP contribution in [-0.4, -0.2) is 36.4 Å².